The highest BCUT2D eigenvalue weighted by Crippen LogP contribution is 2.23. The number of aryl methyl sites for hydroxylation is 1. The maximum Gasteiger partial charge on any atom is 0.224 e. The molecule has 0 radical (unpaired) electrons. The average Bonchev–Trinajstić information content (AvgIpc) is 3.24. The number of rotatable bonds is 6. The third-order valence-electron chi connectivity index (χ3n) is 5.43. The van der Waals surface area contributed by atoms with Crippen LogP contribution in [0.15, 0.2) is 60.9 Å². The Labute approximate surface area is 186 Å². The minimum atomic E-state index is 0.192. The van der Waals surface area contributed by atoms with Gasteiger partial charge in [0.15, 0.2) is 0 Å². The van der Waals surface area contributed by atoms with E-state index in [-0.39, 0.29) is 5.91 Å². The molecule has 1 amide bonds. The molecule has 4 rings (SSSR count). The van der Waals surface area contributed by atoms with Gasteiger partial charge in [-0.1, -0.05) is 59.6 Å². The van der Waals surface area contributed by atoms with Crippen molar-refractivity contribution in [3.63, 3.8) is 0 Å². The summed E-state index contributed by atoms with van der Waals surface area (Å²) in [6.45, 7) is 4.64. The first kappa shape index (κ1) is 20.9. The van der Waals surface area contributed by atoms with Gasteiger partial charge in [-0.05, 0) is 17.7 Å². The van der Waals surface area contributed by atoms with Crippen LogP contribution < -0.4 is 0 Å². The van der Waals surface area contributed by atoms with Crippen molar-refractivity contribution in [1.82, 2.24) is 19.4 Å². The number of aromatic nitrogens is 2. The van der Waals surface area contributed by atoms with Crippen LogP contribution in [0.5, 0.6) is 0 Å². The summed E-state index contributed by atoms with van der Waals surface area (Å²) in [6.07, 6.45) is 4.20. The molecule has 5 nitrogen and oxygen atoms in total. The molecule has 0 spiro atoms. The van der Waals surface area contributed by atoms with Crippen molar-refractivity contribution in [1.29, 1.82) is 0 Å². The van der Waals surface area contributed by atoms with Crippen LogP contribution in [0.3, 0.4) is 0 Å². The minimum absolute atomic E-state index is 0.192. The first-order chi connectivity index (χ1) is 14.6. The molecule has 156 valence electrons. The van der Waals surface area contributed by atoms with Crippen molar-refractivity contribution in [2.45, 2.75) is 19.5 Å². The highest BCUT2D eigenvalue weighted by molar-refractivity contribution is 6.42. The fourth-order valence-electron chi connectivity index (χ4n) is 3.76. The zero-order valence-electron chi connectivity index (χ0n) is 16.7. The second-order valence-electron chi connectivity index (χ2n) is 7.47. The van der Waals surface area contributed by atoms with E-state index in [0.717, 1.165) is 49.7 Å². The topological polar surface area (TPSA) is 41.4 Å². The molecule has 2 aromatic carbocycles. The Morgan fingerprint density at radius 3 is 2.47 bits per heavy atom. The molecule has 1 fully saturated rings. The van der Waals surface area contributed by atoms with Gasteiger partial charge in [0.25, 0.3) is 0 Å². The molecule has 0 aliphatic carbocycles. The number of amides is 1. The SMILES string of the molecule is O=C(CCn1ccnc1-c1ccccc1)N1CCN(Cc2ccc(Cl)c(Cl)c2)CC1. The predicted molar refractivity (Wildman–Crippen MR) is 121 cm³/mol. The van der Waals surface area contributed by atoms with E-state index < -0.39 is 0 Å². The van der Waals surface area contributed by atoms with E-state index in [1.807, 2.05) is 64.2 Å². The summed E-state index contributed by atoms with van der Waals surface area (Å²) in [4.78, 5) is 21.5. The van der Waals surface area contributed by atoms with Crippen LogP contribution >= 0.6 is 23.2 Å². The van der Waals surface area contributed by atoms with Crippen molar-refractivity contribution in [3.05, 3.63) is 76.5 Å². The van der Waals surface area contributed by atoms with Gasteiger partial charge in [0.1, 0.15) is 5.82 Å². The van der Waals surface area contributed by atoms with Crippen LogP contribution in [0.25, 0.3) is 11.4 Å². The number of imidazole rings is 1. The molecule has 1 aliphatic heterocycles. The summed E-state index contributed by atoms with van der Waals surface area (Å²) in [6, 6.07) is 15.8. The number of benzene rings is 2. The molecule has 0 atom stereocenters. The van der Waals surface area contributed by atoms with Crippen molar-refractivity contribution < 1.29 is 4.79 Å². The Balaban J connectivity index is 1.27. The summed E-state index contributed by atoms with van der Waals surface area (Å²) < 4.78 is 2.05. The van der Waals surface area contributed by atoms with E-state index in [4.69, 9.17) is 23.2 Å². The van der Waals surface area contributed by atoms with Crippen molar-refractivity contribution in [2.75, 3.05) is 26.2 Å². The fraction of sp³-hybridized carbons (Fsp3) is 0.304. The van der Waals surface area contributed by atoms with Crippen LogP contribution in [-0.2, 0) is 17.9 Å². The molecule has 1 aliphatic rings. The second-order valence-corrected chi connectivity index (χ2v) is 8.28. The molecule has 0 bridgehead atoms. The highest BCUT2D eigenvalue weighted by Gasteiger charge is 2.21. The maximum atomic E-state index is 12.7. The largest absolute Gasteiger partial charge is 0.340 e. The van der Waals surface area contributed by atoms with Crippen LogP contribution in [0.1, 0.15) is 12.0 Å². The zero-order chi connectivity index (χ0) is 20.9. The van der Waals surface area contributed by atoms with E-state index in [9.17, 15) is 4.79 Å². The number of nitrogens with zero attached hydrogens (tertiary/aromatic N) is 4. The van der Waals surface area contributed by atoms with Gasteiger partial charge in [0.05, 0.1) is 10.0 Å². The van der Waals surface area contributed by atoms with Crippen LogP contribution in [0.2, 0.25) is 10.0 Å². The lowest BCUT2D eigenvalue weighted by Crippen LogP contribution is -2.48. The molecule has 0 unspecified atom stereocenters. The van der Waals surface area contributed by atoms with Crippen LogP contribution in [0.4, 0.5) is 0 Å². The summed E-state index contributed by atoms with van der Waals surface area (Å²) in [5.41, 5.74) is 2.20. The quantitative estimate of drug-likeness (QED) is 0.560. The standard InChI is InChI=1S/C23H24Cl2N4O/c24-20-7-6-18(16-21(20)25)17-27-12-14-28(15-13-27)22(30)8-10-29-11-9-26-23(29)19-4-2-1-3-5-19/h1-7,9,11,16H,8,10,12-15,17H2. The van der Waals surface area contributed by atoms with Gasteiger partial charge in [-0.25, -0.2) is 4.98 Å². The predicted octanol–water partition coefficient (Wildman–Crippen LogP) is 4.59. The minimum Gasteiger partial charge on any atom is -0.340 e. The summed E-state index contributed by atoms with van der Waals surface area (Å²) in [5, 5.41) is 1.15. The summed E-state index contributed by atoms with van der Waals surface area (Å²) in [7, 11) is 0. The van der Waals surface area contributed by atoms with Crippen molar-refractivity contribution >= 4 is 29.1 Å². The molecular weight excluding hydrogens is 419 g/mol. The van der Waals surface area contributed by atoms with E-state index in [1.54, 1.807) is 6.20 Å². The molecule has 1 saturated heterocycles. The van der Waals surface area contributed by atoms with E-state index in [2.05, 4.69) is 9.88 Å². The Morgan fingerprint density at radius 2 is 1.73 bits per heavy atom. The van der Waals surface area contributed by atoms with Crippen LogP contribution in [0, 0.1) is 0 Å². The van der Waals surface area contributed by atoms with Gasteiger partial charge in [0.2, 0.25) is 5.91 Å². The third-order valence-corrected chi connectivity index (χ3v) is 6.17. The number of carbonyl (C=O) groups excluding carboxylic acids is 1. The van der Waals surface area contributed by atoms with Crippen molar-refractivity contribution in [2.24, 2.45) is 0 Å². The van der Waals surface area contributed by atoms with Gasteiger partial charge in [-0.3, -0.25) is 9.69 Å². The first-order valence-corrected chi connectivity index (χ1v) is 10.9. The Kier molecular flexibility index (Phi) is 6.72. The normalized spacial score (nSPS) is 14.8. The number of piperazine rings is 1. The molecule has 0 saturated carbocycles. The fourth-order valence-corrected chi connectivity index (χ4v) is 4.08. The number of halogens is 2. The molecular formula is C23H24Cl2N4O. The molecule has 30 heavy (non-hydrogen) atoms. The molecule has 0 N–H and O–H groups in total. The van der Waals surface area contributed by atoms with E-state index >= 15 is 0 Å². The second kappa shape index (κ2) is 9.65. The summed E-state index contributed by atoms with van der Waals surface area (Å²) in [5.74, 6) is 1.09. The molecule has 2 heterocycles. The zero-order valence-corrected chi connectivity index (χ0v) is 18.2. The average molecular weight is 443 g/mol. The van der Waals surface area contributed by atoms with Gasteiger partial charge < -0.3 is 9.47 Å². The lowest BCUT2D eigenvalue weighted by molar-refractivity contribution is -0.133. The Morgan fingerprint density at radius 1 is 0.967 bits per heavy atom. The lowest BCUT2D eigenvalue weighted by Gasteiger charge is -2.35. The monoisotopic (exact) mass is 442 g/mol. The van der Waals surface area contributed by atoms with Gasteiger partial charge in [-0.2, -0.15) is 0 Å². The van der Waals surface area contributed by atoms with Gasteiger partial charge in [-0.15, -0.1) is 0 Å². The van der Waals surface area contributed by atoms with E-state index in [0.29, 0.717) is 23.0 Å². The first-order valence-electron chi connectivity index (χ1n) is 10.1. The Hall–Kier alpha value is -2.34. The molecule has 1 aromatic heterocycles. The third kappa shape index (κ3) is 5.04. The van der Waals surface area contributed by atoms with Crippen molar-refractivity contribution in [3.8, 4) is 11.4 Å². The maximum absolute atomic E-state index is 12.7. The summed E-state index contributed by atoms with van der Waals surface area (Å²) >= 11 is 12.1. The number of hydrogen-bond donors (Lipinski definition) is 0. The van der Waals surface area contributed by atoms with Crippen LogP contribution in [-0.4, -0.2) is 51.4 Å². The van der Waals surface area contributed by atoms with E-state index in [1.165, 1.54) is 0 Å². The number of hydrogen-bond acceptors (Lipinski definition) is 3. The highest BCUT2D eigenvalue weighted by atomic mass is 35.5. The smallest absolute Gasteiger partial charge is 0.224 e. The Bertz CT molecular complexity index is 997. The number of carbonyl (C=O) groups is 1. The lowest BCUT2D eigenvalue weighted by atomic mass is 10.2. The molecule has 7 heteroatoms. The van der Waals surface area contributed by atoms with Gasteiger partial charge in [0, 0.05) is 63.6 Å². The van der Waals surface area contributed by atoms with Gasteiger partial charge >= 0.3 is 0 Å². The molecule has 3 aromatic rings.